The second-order valence-corrected chi connectivity index (χ2v) is 10.2. The van der Waals surface area contributed by atoms with Gasteiger partial charge in [-0.15, -0.1) is 0 Å². The molecule has 0 radical (unpaired) electrons. The first kappa shape index (κ1) is 22.8. The van der Waals surface area contributed by atoms with Crippen molar-refractivity contribution in [1.82, 2.24) is 9.88 Å². The Hall–Kier alpha value is -2.97. The van der Waals surface area contributed by atoms with E-state index in [1.54, 1.807) is 0 Å². The fraction of sp³-hybridized carbons (Fsp3) is 0.344. The third-order valence-electron chi connectivity index (χ3n) is 7.35. The van der Waals surface area contributed by atoms with Gasteiger partial charge < -0.3 is 0 Å². The van der Waals surface area contributed by atoms with Crippen LogP contribution in [-0.4, -0.2) is 23.0 Å². The van der Waals surface area contributed by atoms with Crippen LogP contribution in [0.4, 0.5) is 0 Å². The maximum Gasteiger partial charge on any atom is 0.0406 e. The van der Waals surface area contributed by atoms with Gasteiger partial charge in [0.1, 0.15) is 0 Å². The summed E-state index contributed by atoms with van der Waals surface area (Å²) in [5.74, 6) is 0.886. The standard InChI is InChI=1S/C32H36N2/c1-25-15-18-34(19-16-25)24-29-8-4-6-27(21-29)20-28-7-5-9-30(23-28)31-13-11-26(22-31)12-14-32-10-2-3-17-33-32/h2-11,13,17,21,23,25H,12,14-16,18-20,22,24H2,1H3. The molecule has 2 aromatic carbocycles. The van der Waals surface area contributed by atoms with E-state index < -0.39 is 0 Å². The van der Waals surface area contributed by atoms with Crippen molar-refractivity contribution in [3.63, 3.8) is 0 Å². The predicted octanol–water partition coefficient (Wildman–Crippen LogP) is 7.25. The van der Waals surface area contributed by atoms with Crippen LogP contribution in [0.1, 0.15) is 60.6 Å². The maximum atomic E-state index is 4.46. The Balaban J connectivity index is 1.17. The van der Waals surface area contributed by atoms with E-state index >= 15 is 0 Å². The zero-order valence-corrected chi connectivity index (χ0v) is 20.4. The lowest BCUT2D eigenvalue weighted by Gasteiger charge is -2.30. The number of likely N-dealkylation sites (tertiary alicyclic amines) is 1. The zero-order chi connectivity index (χ0) is 23.2. The summed E-state index contributed by atoms with van der Waals surface area (Å²) in [6.45, 7) is 5.94. The normalized spacial score (nSPS) is 17.0. The molecule has 1 aliphatic heterocycles. The first-order chi connectivity index (χ1) is 16.7. The molecule has 1 aromatic heterocycles. The highest BCUT2D eigenvalue weighted by Gasteiger charge is 2.16. The lowest BCUT2D eigenvalue weighted by molar-refractivity contribution is 0.185. The minimum Gasteiger partial charge on any atom is -0.299 e. The number of aryl methyl sites for hydroxylation is 1. The Morgan fingerprint density at radius 1 is 0.824 bits per heavy atom. The Kier molecular flexibility index (Phi) is 7.36. The van der Waals surface area contributed by atoms with Gasteiger partial charge in [-0.2, -0.15) is 0 Å². The minimum absolute atomic E-state index is 0.886. The molecule has 174 valence electrons. The third kappa shape index (κ3) is 6.12. The summed E-state index contributed by atoms with van der Waals surface area (Å²) in [6.07, 6.45) is 13.3. The second kappa shape index (κ2) is 11.0. The van der Waals surface area contributed by atoms with Crippen molar-refractivity contribution in [2.75, 3.05) is 13.1 Å². The van der Waals surface area contributed by atoms with Gasteiger partial charge in [-0.05, 0) is 97.5 Å². The number of hydrogen-bond donors (Lipinski definition) is 0. The Morgan fingerprint density at radius 2 is 1.62 bits per heavy atom. The average Bonchev–Trinajstić information content (AvgIpc) is 3.35. The smallest absolute Gasteiger partial charge is 0.0406 e. The van der Waals surface area contributed by atoms with Crippen LogP contribution in [0.15, 0.2) is 90.7 Å². The monoisotopic (exact) mass is 448 g/mol. The molecule has 2 nitrogen and oxygen atoms in total. The molecule has 0 bridgehead atoms. The Morgan fingerprint density at radius 3 is 2.44 bits per heavy atom. The number of piperidine rings is 1. The summed E-state index contributed by atoms with van der Waals surface area (Å²) in [5, 5.41) is 0. The van der Waals surface area contributed by atoms with E-state index in [0.717, 1.165) is 38.1 Å². The number of benzene rings is 2. The van der Waals surface area contributed by atoms with E-state index in [1.807, 2.05) is 12.3 Å². The van der Waals surface area contributed by atoms with Gasteiger partial charge >= 0.3 is 0 Å². The maximum absolute atomic E-state index is 4.46. The van der Waals surface area contributed by atoms with Gasteiger partial charge in [-0.3, -0.25) is 9.88 Å². The summed E-state index contributed by atoms with van der Waals surface area (Å²) in [7, 11) is 0. The number of nitrogens with zero attached hydrogens (tertiary/aromatic N) is 2. The van der Waals surface area contributed by atoms with Crippen molar-refractivity contribution in [3.8, 4) is 0 Å². The van der Waals surface area contributed by atoms with Crippen LogP contribution in [0.2, 0.25) is 0 Å². The molecule has 2 heteroatoms. The van der Waals surface area contributed by atoms with Crippen molar-refractivity contribution in [2.45, 2.75) is 52.0 Å². The molecule has 1 saturated heterocycles. The van der Waals surface area contributed by atoms with Crippen molar-refractivity contribution in [3.05, 3.63) is 119 Å². The molecule has 0 spiro atoms. The van der Waals surface area contributed by atoms with Gasteiger partial charge in [0.25, 0.3) is 0 Å². The average molecular weight is 449 g/mol. The number of allylic oxidation sites excluding steroid dienone is 4. The summed E-state index contributed by atoms with van der Waals surface area (Å²) in [6, 6.07) is 24.5. The Bertz CT molecular complexity index is 1150. The highest BCUT2D eigenvalue weighted by Crippen LogP contribution is 2.31. The second-order valence-electron chi connectivity index (χ2n) is 10.2. The largest absolute Gasteiger partial charge is 0.299 e. The van der Waals surface area contributed by atoms with E-state index in [9.17, 15) is 0 Å². The van der Waals surface area contributed by atoms with Crippen LogP contribution in [-0.2, 0) is 19.4 Å². The molecular formula is C32H36N2. The highest BCUT2D eigenvalue weighted by atomic mass is 15.1. The van der Waals surface area contributed by atoms with Crippen molar-refractivity contribution < 1.29 is 0 Å². The number of pyridine rings is 1. The third-order valence-corrected chi connectivity index (χ3v) is 7.35. The van der Waals surface area contributed by atoms with Crippen molar-refractivity contribution in [2.24, 2.45) is 5.92 Å². The number of rotatable bonds is 8. The first-order valence-corrected chi connectivity index (χ1v) is 12.9. The zero-order valence-electron chi connectivity index (χ0n) is 20.4. The van der Waals surface area contributed by atoms with E-state index in [4.69, 9.17) is 0 Å². The molecule has 0 atom stereocenters. The molecule has 5 rings (SSSR count). The number of hydrogen-bond acceptors (Lipinski definition) is 2. The summed E-state index contributed by atoms with van der Waals surface area (Å²) in [4.78, 5) is 7.08. The van der Waals surface area contributed by atoms with Crippen LogP contribution < -0.4 is 0 Å². The molecular weight excluding hydrogens is 412 g/mol. The van der Waals surface area contributed by atoms with E-state index in [-0.39, 0.29) is 0 Å². The fourth-order valence-electron chi connectivity index (χ4n) is 5.22. The summed E-state index contributed by atoms with van der Waals surface area (Å²) >= 11 is 0. The van der Waals surface area contributed by atoms with Gasteiger partial charge in [0, 0.05) is 18.4 Å². The highest BCUT2D eigenvalue weighted by molar-refractivity contribution is 5.72. The number of aromatic nitrogens is 1. The topological polar surface area (TPSA) is 16.1 Å². The van der Waals surface area contributed by atoms with Crippen LogP contribution in [0.3, 0.4) is 0 Å². The molecule has 1 aliphatic carbocycles. The van der Waals surface area contributed by atoms with E-state index in [2.05, 4.69) is 89.6 Å². The summed E-state index contributed by atoms with van der Waals surface area (Å²) < 4.78 is 0. The van der Waals surface area contributed by atoms with Crippen LogP contribution in [0.25, 0.3) is 5.57 Å². The lowest BCUT2D eigenvalue weighted by atomic mass is 9.96. The molecule has 1 fully saturated rings. The van der Waals surface area contributed by atoms with E-state index in [1.165, 1.54) is 65.0 Å². The quantitative estimate of drug-likeness (QED) is 0.361. The molecule has 0 saturated carbocycles. The van der Waals surface area contributed by atoms with Crippen LogP contribution in [0, 0.1) is 5.92 Å². The van der Waals surface area contributed by atoms with Crippen LogP contribution >= 0.6 is 0 Å². The SMILES string of the molecule is CC1CCN(Cc2cccc(Cc3cccc(C4=CC=C(CCc5ccccn5)C4)c3)c2)CC1. The molecule has 2 aliphatic rings. The van der Waals surface area contributed by atoms with Crippen LogP contribution in [0.5, 0.6) is 0 Å². The molecule has 0 unspecified atom stereocenters. The van der Waals surface area contributed by atoms with E-state index in [0.29, 0.717) is 0 Å². The lowest BCUT2D eigenvalue weighted by Crippen LogP contribution is -2.32. The van der Waals surface area contributed by atoms with Crippen molar-refractivity contribution in [1.29, 1.82) is 0 Å². The predicted molar refractivity (Wildman–Crippen MR) is 143 cm³/mol. The molecule has 2 heterocycles. The molecule has 0 N–H and O–H groups in total. The van der Waals surface area contributed by atoms with Gasteiger partial charge in [0.15, 0.2) is 0 Å². The summed E-state index contributed by atoms with van der Waals surface area (Å²) in [5.41, 5.74) is 9.73. The fourth-order valence-corrected chi connectivity index (χ4v) is 5.22. The van der Waals surface area contributed by atoms with Gasteiger partial charge in [-0.25, -0.2) is 0 Å². The molecule has 0 amide bonds. The van der Waals surface area contributed by atoms with Crippen molar-refractivity contribution >= 4 is 5.57 Å². The molecule has 3 aromatic rings. The van der Waals surface area contributed by atoms with Gasteiger partial charge in [0.05, 0.1) is 0 Å². The first-order valence-electron chi connectivity index (χ1n) is 12.9. The molecule has 34 heavy (non-hydrogen) atoms. The van der Waals surface area contributed by atoms with Gasteiger partial charge in [0.2, 0.25) is 0 Å². The minimum atomic E-state index is 0.886. The Labute approximate surface area is 205 Å². The van der Waals surface area contributed by atoms with Gasteiger partial charge in [-0.1, -0.05) is 79.2 Å².